The van der Waals surface area contributed by atoms with Gasteiger partial charge in [0.25, 0.3) is 0 Å². The monoisotopic (exact) mass is 812 g/mol. The Morgan fingerprint density at radius 3 is 1.19 bits per heavy atom. The Hall–Kier alpha value is -3.47. The van der Waals surface area contributed by atoms with Crippen molar-refractivity contribution in [3.05, 3.63) is 134 Å². The summed E-state index contributed by atoms with van der Waals surface area (Å²) in [5.74, 6) is -0.0946. The first-order valence-corrected chi connectivity index (χ1v) is 23.9. The predicted octanol–water partition coefficient (Wildman–Crippen LogP) is 15.5. The number of nitrogens with one attached hydrogen (secondary N) is 1. The van der Waals surface area contributed by atoms with Crippen molar-refractivity contribution in [3.8, 4) is 0 Å². The first-order valence-electron chi connectivity index (χ1n) is 23.9. The second kappa shape index (κ2) is 48.9. The molecule has 4 heteroatoms. The summed E-state index contributed by atoms with van der Waals surface area (Å²) in [6.45, 7) is 4.13. The maximum absolute atomic E-state index is 12.4. The Kier molecular flexibility index (Phi) is 46.0. The summed E-state index contributed by atoms with van der Waals surface area (Å²) < 4.78 is 0. The Balaban J connectivity index is 3.69. The standard InChI is InChI=1S/C55H89NO3/c1-3-5-7-9-11-13-15-17-19-20-21-22-23-24-25-26-27-28-29-30-31-32-33-34-35-36-37-39-41-43-45-47-49-51-55(59)56-53(52-57)54(58)50-48-46-44-42-40-38-18-16-14-12-10-8-6-4-2/h5,7,11,13-14,16-17,19,21-22,24-25,27-28,30-31,33-34,40,42,48,50,53-54,57-58H,3-4,6,8-10,12,15,18,20,23,26,29,32,35-39,41,43-47,49,51-52H2,1-2H3,(H,56,59)/b7-5-,13-11-,16-14+,19-17-,22-21-,25-24-,28-27-,31-30-,34-33-,42-40+,50-48+. The van der Waals surface area contributed by atoms with Gasteiger partial charge >= 0.3 is 0 Å². The van der Waals surface area contributed by atoms with Gasteiger partial charge < -0.3 is 15.5 Å². The third-order valence-electron chi connectivity index (χ3n) is 9.85. The zero-order valence-electron chi connectivity index (χ0n) is 38.0. The van der Waals surface area contributed by atoms with Gasteiger partial charge in [0.05, 0.1) is 18.8 Å². The molecular formula is C55H89NO3. The highest BCUT2D eigenvalue weighted by Crippen LogP contribution is 2.12. The Morgan fingerprint density at radius 1 is 0.424 bits per heavy atom. The van der Waals surface area contributed by atoms with Gasteiger partial charge in [0.2, 0.25) is 5.91 Å². The van der Waals surface area contributed by atoms with Crippen LogP contribution in [0.2, 0.25) is 0 Å². The minimum Gasteiger partial charge on any atom is -0.394 e. The molecule has 0 aliphatic heterocycles. The molecule has 3 N–H and O–H groups in total. The van der Waals surface area contributed by atoms with E-state index in [-0.39, 0.29) is 12.5 Å². The van der Waals surface area contributed by atoms with Crippen molar-refractivity contribution >= 4 is 5.91 Å². The number of unbranched alkanes of at least 4 members (excludes halogenated alkanes) is 14. The van der Waals surface area contributed by atoms with Gasteiger partial charge in [0.15, 0.2) is 0 Å². The van der Waals surface area contributed by atoms with Crippen LogP contribution in [-0.4, -0.2) is 34.9 Å². The van der Waals surface area contributed by atoms with Crippen LogP contribution in [0.3, 0.4) is 0 Å². The van der Waals surface area contributed by atoms with Gasteiger partial charge in [-0.2, -0.15) is 0 Å². The molecule has 59 heavy (non-hydrogen) atoms. The molecule has 0 rings (SSSR count). The van der Waals surface area contributed by atoms with E-state index in [1.165, 1.54) is 64.2 Å². The summed E-state index contributed by atoms with van der Waals surface area (Å²) in [6, 6.07) is -0.659. The maximum Gasteiger partial charge on any atom is 0.220 e. The van der Waals surface area contributed by atoms with Crippen LogP contribution < -0.4 is 5.32 Å². The number of hydrogen-bond donors (Lipinski definition) is 3. The van der Waals surface area contributed by atoms with Crippen LogP contribution >= 0.6 is 0 Å². The molecule has 2 unspecified atom stereocenters. The van der Waals surface area contributed by atoms with E-state index >= 15 is 0 Å². The summed E-state index contributed by atoms with van der Waals surface area (Å²) >= 11 is 0. The van der Waals surface area contributed by atoms with Gasteiger partial charge in [-0.05, 0) is 109 Å². The van der Waals surface area contributed by atoms with Gasteiger partial charge in [0, 0.05) is 6.42 Å². The first-order chi connectivity index (χ1) is 29.2. The Morgan fingerprint density at radius 2 is 0.763 bits per heavy atom. The van der Waals surface area contributed by atoms with Crippen molar-refractivity contribution in [2.24, 2.45) is 0 Å². The lowest BCUT2D eigenvalue weighted by Gasteiger charge is -2.19. The van der Waals surface area contributed by atoms with Crippen molar-refractivity contribution in [1.82, 2.24) is 5.32 Å². The van der Waals surface area contributed by atoms with Crippen LogP contribution in [0.1, 0.15) is 187 Å². The number of carbonyl (C=O) groups is 1. The van der Waals surface area contributed by atoms with E-state index in [9.17, 15) is 15.0 Å². The highest BCUT2D eigenvalue weighted by molar-refractivity contribution is 5.76. The lowest BCUT2D eigenvalue weighted by Crippen LogP contribution is -2.45. The molecule has 0 aliphatic carbocycles. The van der Waals surface area contributed by atoms with Gasteiger partial charge in [-0.1, -0.05) is 205 Å². The maximum atomic E-state index is 12.4. The van der Waals surface area contributed by atoms with Crippen LogP contribution in [0, 0.1) is 0 Å². The average molecular weight is 812 g/mol. The van der Waals surface area contributed by atoms with E-state index in [2.05, 4.69) is 141 Å². The third-order valence-corrected chi connectivity index (χ3v) is 9.85. The van der Waals surface area contributed by atoms with E-state index in [1.54, 1.807) is 6.08 Å². The number of hydrogen-bond acceptors (Lipinski definition) is 3. The zero-order valence-corrected chi connectivity index (χ0v) is 38.0. The summed E-state index contributed by atoms with van der Waals surface area (Å²) in [4.78, 5) is 12.4. The number of rotatable bonds is 41. The number of carbonyl (C=O) groups excluding carboxylic acids is 1. The molecule has 4 nitrogen and oxygen atoms in total. The molecule has 2 atom stereocenters. The predicted molar refractivity (Wildman–Crippen MR) is 262 cm³/mol. The van der Waals surface area contributed by atoms with E-state index in [0.29, 0.717) is 6.42 Å². The average Bonchev–Trinajstić information content (AvgIpc) is 3.24. The molecule has 0 saturated carbocycles. The van der Waals surface area contributed by atoms with Crippen molar-refractivity contribution in [1.29, 1.82) is 0 Å². The fourth-order valence-corrected chi connectivity index (χ4v) is 6.22. The highest BCUT2D eigenvalue weighted by atomic mass is 16.3. The van der Waals surface area contributed by atoms with Gasteiger partial charge in [-0.15, -0.1) is 0 Å². The quantitative estimate of drug-likeness (QED) is 0.0425. The van der Waals surface area contributed by atoms with E-state index in [1.807, 2.05) is 6.08 Å². The molecule has 0 aromatic carbocycles. The third kappa shape index (κ3) is 45.5. The highest BCUT2D eigenvalue weighted by Gasteiger charge is 2.17. The summed E-state index contributed by atoms with van der Waals surface area (Å²) in [6.07, 6.45) is 77.1. The van der Waals surface area contributed by atoms with E-state index in [4.69, 9.17) is 0 Å². The van der Waals surface area contributed by atoms with Gasteiger partial charge in [0.1, 0.15) is 0 Å². The van der Waals surface area contributed by atoms with Crippen LogP contribution in [0.15, 0.2) is 134 Å². The van der Waals surface area contributed by atoms with Crippen molar-refractivity contribution < 1.29 is 15.0 Å². The number of amides is 1. The Bertz CT molecular complexity index is 1240. The lowest BCUT2D eigenvalue weighted by atomic mass is 10.1. The number of allylic oxidation sites excluding steroid dienone is 21. The normalized spacial score (nSPS) is 14.2. The van der Waals surface area contributed by atoms with Crippen LogP contribution in [0.4, 0.5) is 0 Å². The van der Waals surface area contributed by atoms with Crippen molar-refractivity contribution in [2.45, 2.75) is 199 Å². The lowest BCUT2D eigenvalue weighted by molar-refractivity contribution is -0.123. The molecule has 0 aliphatic rings. The molecule has 0 saturated heterocycles. The van der Waals surface area contributed by atoms with Crippen molar-refractivity contribution in [3.63, 3.8) is 0 Å². The minimum absolute atomic E-state index is 0.0946. The fraction of sp³-hybridized carbons (Fsp3) is 0.582. The van der Waals surface area contributed by atoms with Gasteiger partial charge in [-0.3, -0.25) is 4.79 Å². The Labute approximate surface area is 364 Å². The zero-order chi connectivity index (χ0) is 42.8. The largest absolute Gasteiger partial charge is 0.394 e. The summed E-state index contributed by atoms with van der Waals surface area (Å²) in [5, 5.41) is 23.0. The molecule has 332 valence electrons. The van der Waals surface area contributed by atoms with Crippen molar-refractivity contribution in [2.75, 3.05) is 6.61 Å². The molecule has 0 aromatic heterocycles. The van der Waals surface area contributed by atoms with Crippen LogP contribution in [0.25, 0.3) is 0 Å². The second-order valence-corrected chi connectivity index (χ2v) is 15.4. The fourth-order valence-electron chi connectivity index (χ4n) is 6.22. The molecule has 0 aromatic rings. The van der Waals surface area contributed by atoms with Gasteiger partial charge in [-0.25, -0.2) is 0 Å². The molecule has 0 fully saturated rings. The summed E-state index contributed by atoms with van der Waals surface area (Å²) in [5.41, 5.74) is 0. The smallest absolute Gasteiger partial charge is 0.220 e. The SMILES string of the molecule is CC/C=C\C/C=C\C/C=C\C/C=C\C/C=C\C/C=C\C/C=C\C/C=C\CCCCCCCCCCC(=O)NC(CO)C(O)/C=C/CC/C=C/CC/C=C/CCCCCC. The van der Waals surface area contributed by atoms with Crippen LogP contribution in [-0.2, 0) is 4.79 Å². The summed E-state index contributed by atoms with van der Waals surface area (Å²) in [7, 11) is 0. The minimum atomic E-state index is -0.882. The molecule has 0 radical (unpaired) electrons. The van der Waals surface area contributed by atoms with E-state index in [0.717, 1.165) is 103 Å². The number of aliphatic hydroxyl groups excluding tert-OH is 2. The molecular weight excluding hydrogens is 723 g/mol. The number of aliphatic hydroxyl groups is 2. The van der Waals surface area contributed by atoms with Crippen LogP contribution in [0.5, 0.6) is 0 Å². The molecule has 0 spiro atoms. The molecule has 0 bridgehead atoms. The topological polar surface area (TPSA) is 69.6 Å². The molecule has 0 heterocycles. The second-order valence-electron chi connectivity index (χ2n) is 15.4. The van der Waals surface area contributed by atoms with E-state index < -0.39 is 12.1 Å². The first kappa shape index (κ1) is 55.5. The molecule has 1 amide bonds.